The molecular formula is C32H45NO3. The van der Waals surface area contributed by atoms with Crippen LogP contribution in [0.1, 0.15) is 82.8 Å². The molecule has 0 saturated heterocycles. The first-order chi connectivity index (χ1) is 17.7. The van der Waals surface area contributed by atoms with E-state index in [9.17, 15) is 4.79 Å². The van der Waals surface area contributed by atoms with Crippen molar-refractivity contribution in [3.8, 4) is 0 Å². The van der Waals surface area contributed by atoms with Gasteiger partial charge in [-0.3, -0.25) is 4.90 Å². The summed E-state index contributed by atoms with van der Waals surface area (Å²) in [5.41, 5.74) is 2.23. The van der Waals surface area contributed by atoms with E-state index in [0.29, 0.717) is 19.1 Å². The summed E-state index contributed by atoms with van der Waals surface area (Å²) in [4.78, 5) is 15.6. The van der Waals surface area contributed by atoms with Crippen molar-refractivity contribution in [2.75, 3.05) is 6.61 Å². The summed E-state index contributed by atoms with van der Waals surface area (Å²) in [5.74, 6) is 0.367. The van der Waals surface area contributed by atoms with Crippen LogP contribution in [0.4, 0.5) is 4.79 Å². The van der Waals surface area contributed by atoms with Gasteiger partial charge >= 0.3 is 6.09 Å². The molecule has 1 aliphatic rings. The van der Waals surface area contributed by atoms with Crippen molar-refractivity contribution in [1.29, 1.82) is 0 Å². The van der Waals surface area contributed by atoms with E-state index in [2.05, 4.69) is 43.0 Å². The summed E-state index contributed by atoms with van der Waals surface area (Å²) < 4.78 is 11.8. The van der Waals surface area contributed by atoms with E-state index in [1.807, 2.05) is 48.5 Å². The normalized spacial score (nSPS) is 19.4. The maximum absolute atomic E-state index is 13.5. The molecule has 3 atom stereocenters. The van der Waals surface area contributed by atoms with Gasteiger partial charge in [0, 0.05) is 12.6 Å². The highest BCUT2D eigenvalue weighted by Crippen LogP contribution is 2.31. The minimum Gasteiger partial charge on any atom is -0.445 e. The second-order valence-electron chi connectivity index (χ2n) is 9.92. The molecule has 196 valence electrons. The van der Waals surface area contributed by atoms with Crippen LogP contribution in [0, 0.1) is 5.92 Å². The molecule has 4 nitrogen and oxygen atoms in total. The Labute approximate surface area is 218 Å². The molecule has 1 heterocycles. The summed E-state index contributed by atoms with van der Waals surface area (Å²) in [5, 5.41) is 0. The fraction of sp³-hybridized carbons (Fsp3) is 0.531. The number of rotatable bonds is 15. The third kappa shape index (κ3) is 9.13. The first-order valence-electron chi connectivity index (χ1n) is 14.0. The topological polar surface area (TPSA) is 38.8 Å². The Balaban J connectivity index is 1.58. The van der Waals surface area contributed by atoms with Gasteiger partial charge in [-0.2, -0.15) is 0 Å². The molecule has 2 aromatic carbocycles. The van der Waals surface area contributed by atoms with Crippen LogP contribution in [-0.2, 0) is 22.7 Å². The second kappa shape index (κ2) is 16.2. The molecule has 0 fully saturated rings. The van der Waals surface area contributed by atoms with Gasteiger partial charge in [0.25, 0.3) is 0 Å². The number of nitrogens with zero attached hydrogens (tertiary/aromatic N) is 1. The number of benzene rings is 2. The van der Waals surface area contributed by atoms with Crippen LogP contribution in [0.5, 0.6) is 0 Å². The number of hydrogen-bond acceptors (Lipinski definition) is 3. The zero-order valence-electron chi connectivity index (χ0n) is 22.3. The molecule has 36 heavy (non-hydrogen) atoms. The predicted molar refractivity (Wildman–Crippen MR) is 148 cm³/mol. The van der Waals surface area contributed by atoms with Crippen molar-refractivity contribution in [1.82, 2.24) is 4.90 Å². The van der Waals surface area contributed by atoms with Crippen LogP contribution in [0.25, 0.3) is 0 Å². The Morgan fingerprint density at radius 2 is 1.44 bits per heavy atom. The number of hydrogen-bond donors (Lipinski definition) is 0. The molecule has 1 aliphatic heterocycles. The van der Waals surface area contributed by atoms with E-state index in [4.69, 9.17) is 9.47 Å². The minimum absolute atomic E-state index is 0.118. The summed E-state index contributed by atoms with van der Waals surface area (Å²) in [6.45, 7) is 6.17. The first kappa shape index (κ1) is 28.0. The Morgan fingerprint density at radius 3 is 2.11 bits per heavy atom. The van der Waals surface area contributed by atoms with Crippen LogP contribution in [-0.4, -0.2) is 29.7 Å². The molecule has 0 unspecified atom stereocenters. The Morgan fingerprint density at radius 1 is 0.778 bits per heavy atom. The highest BCUT2D eigenvalue weighted by molar-refractivity contribution is 5.69. The van der Waals surface area contributed by atoms with Crippen molar-refractivity contribution in [2.45, 2.75) is 96.9 Å². The van der Waals surface area contributed by atoms with Crippen LogP contribution in [0.15, 0.2) is 72.8 Å². The second-order valence-corrected chi connectivity index (χ2v) is 9.92. The Hall–Kier alpha value is -2.59. The summed E-state index contributed by atoms with van der Waals surface area (Å²) in [7, 11) is 0. The van der Waals surface area contributed by atoms with Crippen molar-refractivity contribution >= 4 is 6.09 Å². The highest BCUT2D eigenvalue weighted by atomic mass is 16.6. The summed E-state index contributed by atoms with van der Waals surface area (Å²) >= 11 is 0. The van der Waals surface area contributed by atoms with Gasteiger partial charge in [0.1, 0.15) is 6.61 Å². The highest BCUT2D eigenvalue weighted by Gasteiger charge is 2.36. The van der Waals surface area contributed by atoms with Gasteiger partial charge in [-0.05, 0) is 49.1 Å². The smallest absolute Gasteiger partial charge is 0.410 e. The average Bonchev–Trinajstić information content (AvgIpc) is 2.92. The fourth-order valence-electron chi connectivity index (χ4n) is 5.11. The van der Waals surface area contributed by atoms with Gasteiger partial charge in [-0.1, -0.05) is 112 Å². The lowest BCUT2D eigenvalue weighted by Gasteiger charge is -2.43. The van der Waals surface area contributed by atoms with Gasteiger partial charge < -0.3 is 9.47 Å². The van der Waals surface area contributed by atoms with Gasteiger partial charge in [0.05, 0.1) is 12.6 Å². The predicted octanol–water partition coefficient (Wildman–Crippen LogP) is 8.32. The molecule has 0 aliphatic carbocycles. The molecule has 3 rings (SSSR count). The third-order valence-corrected chi connectivity index (χ3v) is 7.18. The van der Waals surface area contributed by atoms with E-state index in [1.54, 1.807) is 0 Å². The number of amides is 1. The molecule has 4 heteroatoms. The molecule has 1 amide bonds. The fourth-order valence-corrected chi connectivity index (χ4v) is 5.11. The van der Waals surface area contributed by atoms with Crippen LogP contribution in [0.3, 0.4) is 0 Å². The lowest BCUT2D eigenvalue weighted by molar-refractivity contribution is 0.0472. The molecule has 0 spiro atoms. The third-order valence-electron chi connectivity index (χ3n) is 7.18. The van der Waals surface area contributed by atoms with Gasteiger partial charge in [0.2, 0.25) is 0 Å². The van der Waals surface area contributed by atoms with Crippen LogP contribution >= 0.6 is 0 Å². The largest absolute Gasteiger partial charge is 0.445 e. The zero-order chi connectivity index (χ0) is 25.4. The Kier molecular flexibility index (Phi) is 12.6. The maximum atomic E-state index is 13.5. The van der Waals surface area contributed by atoms with Gasteiger partial charge in [-0.25, -0.2) is 4.79 Å². The first-order valence-corrected chi connectivity index (χ1v) is 14.0. The van der Waals surface area contributed by atoms with Crippen molar-refractivity contribution in [2.24, 2.45) is 5.92 Å². The van der Waals surface area contributed by atoms with Crippen molar-refractivity contribution in [3.63, 3.8) is 0 Å². The van der Waals surface area contributed by atoms with Crippen LogP contribution < -0.4 is 0 Å². The Bertz CT molecular complexity index is 883. The lowest BCUT2D eigenvalue weighted by Crippen LogP contribution is -2.52. The molecular weight excluding hydrogens is 446 g/mol. The van der Waals surface area contributed by atoms with Gasteiger partial charge in [0.15, 0.2) is 0 Å². The molecule has 0 saturated carbocycles. The molecule has 0 N–H and O–H groups in total. The molecule has 2 aromatic rings. The SMILES string of the molecule is CCCCCC[C@@H]1C=C[C@H](CC)[C@H](CCCCOCc2ccccc2)N1C(=O)OCc1ccccc1. The number of carbonyl (C=O) groups is 1. The van der Waals surface area contributed by atoms with E-state index in [1.165, 1.54) is 24.8 Å². The van der Waals surface area contributed by atoms with E-state index in [0.717, 1.165) is 50.7 Å². The number of carbonyl (C=O) groups excluding carboxylic acids is 1. The van der Waals surface area contributed by atoms with E-state index >= 15 is 0 Å². The average molecular weight is 492 g/mol. The number of unbranched alkanes of at least 4 members (excludes halogenated alkanes) is 4. The minimum atomic E-state index is -0.174. The summed E-state index contributed by atoms with van der Waals surface area (Å²) in [6.07, 6.45) is 14.3. The monoisotopic (exact) mass is 491 g/mol. The maximum Gasteiger partial charge on any atom is 0.410 e. The number of ether oxygens (including phenoxy) is 2. The lowest BCUT2D eigenvalue weighted by atomic mass is 9.85. The molecule has 0 radical (unpaired) electrons. The standard InChI is InChI=1S/C32H45NO3/c1-3-5-6-13-20-30-23-22-29(4-2)31(21-14-15-24-35-25-27-16-9-7-10-17-27)33(30)32(34)36-26-28-18-11-8-12-19-28/h7-12,16-19,22-23,29-31H,3-6,13-15,20-21,24-26H2,1-2H3/t29-,30+,31-/m0/s1. The molecule has 0 aromatic heterocycles. The summed E-state index contributed by atoms with van der Waals surface area (Å²) in [6, 6.07) is 20.6. The van der Waals surface area contributed by atoms with Crippen LogP contribution in [0.2, 0.25) is 0 Å². The molecule has 0 bridgehead atoms. The van der Waals surface area contributed by atoms with Crippen molar-refractivity contribution < 1.29 is 14.3 Å². The van der Waals surface area contributed by atoms with E-state index in [-0.39, 0.29) is 18.2 Å². The zero-order valence-corrected chi connectivity index (χ0v) is 22.3. The van der Waals surface area contributed by atoms with E-state index < -0.39 is 0 Å². The quantitative estimate of drug-likeness (QED) is 0.186. The van der Waals surface area contributed by atoms with Crippen molar-refractivity contribution in [3.05, 3.63) is 83.9 Å². The van der Waals surface area contributed by atoms with Gasteiger partial charge in [-0.15, -0.1) is 0 Å².